The highest BCUT2D eigenvalue weighted by Crippen LogP contribution is 2.62. The van der Waals surface area contributed by atoms with Gasteiger partial charge in [0.1, 0.15) is 42.9 Å². The highest BCUT2D eigenvalue weighted by molar-refractivity contribution is 8.08. The molecule has 0 aromatic carbocycles. The molecule has 4 rings (SSSR count). The van der Waals surface area contributed by atoms with Crippen LogP contribution in [-0.2, 0) is 77.3 Å². The Labute approximate surface area is 399 Å². The zero-order valence-corrected chi connectivity index (χ0v) is 41.3. The Morgan fingerprint density at radius 3 is 1.93 bits per heavy atom. The summed E-state index contributed by atoms with van der Waals surface area (Å²) in [4.78, 5) is 83.2. The van der Waals surface area contributed by atoms with Crippen molar-refractivity contribution in [2.24, 2.45) is 0 Å². The molecule has 23 nitrogen and oxygen atoms in total. The minimum absolute atomic E-state index is 0.0276. The number of rotatable bonds is 30. The number of halogens is 1. The van der Waals surface area contributed by atoms with Gasteiger partial charge in [-0.2, -0.15) is 0 Å². The Hall–Kier alpha value is -3.32. The number of fused-ring (bicyclic) bond motifs is 1. The van der Waals surface area contributed by atoms with Crippen molar-refractivity contribution in [1.29, 1.82) is 0 Å². The van der Waals surface area contributed by atoms with E-state index in [0.717, 1.165) is 59.2 Å². The topological polar surface area (TPSA) is 319 Å². The maximum Gasteiger partial charge on any atom is 0.481 e. The molecule has 0 bridgehead atoms. The molecule has 0 aliphatic carbocycles. The number of anilines is 1. The summed E-state index contributed by atoms with van der Waals surface area (Å²) in [6.07, 6.45) is 0.342. The fourth-order valence-electron chi connectivity index (χ4n) is 7.79. The van der Waals surface area contributed by atoms with Gasteiger partial charge in [-0.1, -0.05) is 96.8 Å². The summed E-state index contributed by atoms with van der Waals surface area (Å²) in [7, 11) is -5.76. The molecule has 0 amide bonds. The van der Waals surface area contributed by atoms with Crippen LogP contribution in [0, 0.1) is 0 Å². The molecule has 2 aromatic heterocycles. The van der Waals surface area contributed by atoms with Crippen molar-refractivity contribution in [3.8, 4) is 0 Å². The summed E-state index contributed by atoms with van der Waals surface area (Å²) in [6, 6.07) is 0. The number of aliphatic hydroxyl groups excluding tert-OH is 2. The number of alkyl halides is 1. The average molecular weight is 1030 g/mol. The van der Waals surface area contributed by atoms with Crippen molar-refractivity contribution in [2.75, 3.05) is 18.9 Å². The van der Waals surface area contributed by atoms with E-state index in [4.69, 9.17) is 59.3 Å². The van der Waals surface area contributed by atoms with E-state index in [1.54, 1.807) is 0 Å². The van der Waals surface area contributed by atoms with Gasteiger partial charge in [-0.3, -0.25) is 28.3 Å². The fourth-order valence-corrected chi connectivity index (χ4v) is 10.9. The number of aliphatic hydroxyl groups is 2. The number of unbranched alkanes of at least 4 members (excludes halogenated alkanes) is 14. The average Bonchev–Trinajstić information content (AvgIpc) is 3.81. The summed E-state index contributed by atoms with van der Waals surface area (Å²) < 4.78 is 78.2. The molecule has 27 heteroatoms. The SMILES string of the molecule is CCCCCCCCCCCCCCCCCC(=O)OC[C@H](F)C1O[C@@H](OP(=O)(O)OP(O)(=S)OC[C@H]2O[C@@H](n3cnc4c(N)ncnc43)C(O)[C@H]2O)[C@H](OC(C)=O)C(OC(C)=O)[C@@H]1OC(C)=O. The van der Waals surface area contributed by atoms with E-state index in [0.29, 0.717) is 6.42 Å². The van der Waals surface area contributed by atoms with E-state index in [1.165, 1.54) is 68.7 Å². The molecule has 2 aromatic rings. The Balaban J connectivity index is 1.34. The molecule has 0 radical (unpaired) electrons. The first-order valence-electron chi connectivity index (χ1n) is 22.8. The summed E-state index contributed by atoms with van der Waals surface area (Å²) >= 11 is 4.91. The molecule has 6 N–H and O–H groups in total. The van der Waals surface area contributed by atoms with Crippen LogP contribution in [0.4, 0.5) is 10.2 Å². The minimum atomic E-state index is -5.76. The molecule has 2 fully saturated rings. The number of hydrogen-bond acceptors (Lipinski definition) is 21. The standard InChI is InChI=1S/C41H66FN5O18P2S/c1-5-6-7-8-9-10-11-12-13-14-15-16-17-18-19-20-30(51)57-21-28(42)34-35(59-25(2)48)36(60-26(3)49)37(61-27(4)50)41(63-34)64-66(54,55)65-67(56,68)58-22-29-32(52)33(53)40(62-29)47-24-46-31-38(43)44-23-45-39(31)47/h23-24,28-29,32-37,40-41,52-53H,5-22H2,1-4H3,(H,54,55)(H,56,68)(H2,43,44,45)/t28-,29+,32-,33?,34?,35+,36?,37+,40+,41-,67?/m0/s1. The first kappa shape index (κ1) is 57.3. The molecule has 2 aliphatic heterocycles. The maximum absolute atomic E-state index is 16.2. The van der Waals surface area contributed by atoms with Crippen molar-refractivity contribution in [3.05, 3.63) is 12.7 Å². The second-order valence-electron chi connectivity index (χ2n) is 16.6. The van der Waals surface area contributed by atoms with Gasteiger partial charge < -0.3 is 58.7 Å². The fraction of sp³-hybridized carbons (Fsp3) is 0.780. The number of ether oxygens (including phenoxy) is 6. The molecular formula is C41H66FN5O18P2S. The van der Waals surface area contributed by atoms with Gasteiger partial charge in [-0.25, -0.2) is 28.2 Å². The van der Waals surface area contributed by atoms with Crippen molar-refractivity contribution in [2.45, 2.75) is 192 Å². The lowest BCUT2D eigenvalue weighted by molar-refractivity contribution is -0.296. The van der Waals surface area contributed by atoms with E-state index in [-0.39, 0.29) is 23.4 Å². The first-order valence-corrected chi connectivity index (χ1v) is 26.9. The van der Waals surface area contributed by atoms with Crippen LogP contribution in [0.2, 0.25) is 0 Å². The Kier molecular flexibility index (Phi) is 23.5. The van der Waals surface area contributed by atoms with Gasteiger partial charge in [0, 0.05) is 27.2 Å². The molecule has 4 heterocycles. The van der Waals surface area contributed by atoms with Crippen LogP contribution in [0.3, 0.4) is 0 Å². The zero-order chi connectivity index (χ0) is 50.0. The molecule has 2 aliphatic rings. The molecule has 68 heavy (non-hydrogen) atoms. The van der Waals surface area contributed by atoms with Gasteiger partial charge in [0.2, 0.25) is 6.29 Å². The molecular weight excluding hydrogens is 963 g/mol. The van der Waals surface area contributed by atoms with E-state index in [9.17, 15) is 43.7 Å². The molecule has 2 saturated heterocycles. The van der Waals surface area contributed by atoms with Gasteiger partial charge in [0.15, 0.2) is 42.2 Å². The van der Waals surface area contributed by atoms with Crippen LogP contribution in [0.1, 0.15) is 137 Å². The molecule has 386 valence electrons. The summed E-state index contributed by atoms with van der Waals surface area (Å²) in [5.74, 6) is -3.93. The van der Waals surface area contributed by atoms with Crippen molar-refractivity contribution < 1.29 is 89.9 Å². The van der Waals surface area contributed by atoms with E-state index < -0.39 is 113 Å². The number of aromatic nitrogens is 4. The number of nitrogens with zero attached hydrogens (tertiary/aromatic N) is 4. The second-order valence-corrected chi connectivity index (χ2v) is 21.0. The number of esters is 4. The third-order valence-corrected chi connectivity index (χ3v) is 14.5. The maximum atomic E-state index is 16.2. The summed E-state index contributed by atoms with van der Waals surface area (Å²) in [5.41, 5.74) is 6.14. The lowest BCUT2D eigenvalue weighted by atomic mass is 9.95. The minimum Gasteiger partial charge on any atom is -0.462 e. The lowest BCUT2D eigenvalue weighted by Crippen LogP contribution is -2.64. The van der Waals surface area contributed by atoms with Gasteiger partial charge >= 0.3 is 38.4 Å². The van der Waals surface area contributed by atoms with Gasteiger partial charge in [-0.05, 0) is 18.2 Å². The predicted octanol–water partition coefficient (Wildman–Crippen LogP) is 5.06. The number of carbonyl (C=O) groups is 4. The van der Waals surface area contributed by atoms with Crippen LogP contribution in [-0.4, -0.2) is 132 Å². The molecule has 0 saturated carbocycles. The third kappa shape index (κ3) is 18.1. The summed E-state index contributed by atoms with van der Waals surface area (Å²) in [6.45, 7) is -1.77. The normalized spacial score (nSPS) is 26.1. The molecule has 0 spiro atoms. The number of carbonyl (C=O) groups excluding carboxylic acids is 4. The number of nitrogens with two attached hydrogens (primary N) is 1. The summed E-state index contributed by atoms with van der Waals surface area (Å²) in [5, 5.41) is 21.5. The molecule has 5 unspecified atom stereocenters. The van der Waals surface area contributed by atoms with Crippen molar-refractivity contribution >= 4 is 67.2 Å². The Morgan fingerprint density at radius 2 is 1.35 bits per heavy atom. The zero-order valence-electron chi connectivity index (χ0n) is 38.7. The molecule has 12 atom stereocenters. The monoisotopic (exact) mass is 1030 g/mol. The van der Waals surface area contributed by atoms with Crippen LogP contribution >= 0.6 is 14.5 Å². The first-order chi connectivity index (χ1) is 32.2. The number of imidazole rings is 1. The second kappa shape index (κ2) is 27.9. The van der Waals surface area contributed by atoms with Crippen LogP contribution in [0.5, 0.6) is 0 Å². The Bertz CT molecular complexity index is 2040. The van der Waals surface area contributed by atoms with E-state index >= 15 is 4.39 Å². The smallest absolute Gasteiger partial charge is 0.462 e. The van der Waals surface area contributed by atoms with Crippen LogP contribution < -0.4 is 5.73 Å². The highest BCUT2D eigenvalue weighted by atomic mass is 32.5. The van der Waals surface area contributed by atoms with Gasteiger partial charge in [0.25, 0.3) is 0 Å². The quantitative estimate of drug-likeness (QED) is 0.0295. The number of hydrogen-bond donors (Lipinski definition) is 5. The van der Waals surface area contributed by atoms with Crippen LogP contribution in [0.25, 0.3) is 11.2 Å². The lowest BCUT2D eigenvalue weighted by Gasteiger charge is -2.45. The van der Waals surface area contributed by atoms with Crippen molar-refractivity contribution in [3.63, 3.8) is 0 Å². The van der Waals surface area contributed by atoms with E-state index in [1.807, 2.05) is 0 Å². The van der Waals surface area contributed by atoms with Gasteiger partial charge in [-0.15, -0.1) is 0 Å². The third-order valence-electron chi connectivity index (χ3n) is 11.0. The predicted molar refractivity (Wildman–Crippen MR) is 241 cm³/mol. The Morgan fingerprint density at radius 1 is 0.809 bits per heavy atom. The van der Waals surface area contributed by atoms with Crippen LogP contribution in [0.15, 0.2) is 12.7 Å². The number of nitrogen functional groups attached to an aromatic ring is 1. The van der Waals surface area contributed by atoms with E-state index in [2.05, 4.69) is 21.9 Å². The number of phosphoric ester groups is 1. The highest BCUT2D eigenvalue weighted by Gasteiger charge is 2.57. The van der Waals surface area contributed by atoms with Gasteiger partial charge in [0.05, 0.1) is 12.9 Å². The number of phosphoric acid groups is 1. The largest absolute Gasteiger partial charge is 0.481 e. The van der Waals surface area contributed by atoms with Crippen molar-refractivity contribution in [1.82, 2.24) is 19.5 Å².